The third kappa shape index (κ3) is 3.15. The number of nitrogens with zero attached hydrogens (tertiary/aromatic N) is 2. The number of benzene rings is 1. The van der Waals surface area contributed by atoms with Crippen molar-refractivity contribution in [3.63, 3.8) is 0 Å². The van der Waals surface area contributed by atoms with Crippen LogP contribution in [0.1, 0.15) is 5.56 Å². The second kappa shape index (κ2) is 5.27. The van der Waals surface area contributed by atoms with Gasteiger partial charge in [0.05, 0.1) is 24.7 Å². The summed E-state index contributed by atoms with van der Waals surface area (Å²) in [6.45, 7) is 0.610. The van der Waals surface area contributed by atoms with E-state index in [1.54, 1.807) is 19.5 Å². The fourth-order valence-corrected chi connectivity index (χ4v) is 1.38. The van der Waals surface area contributed by atoms with E-state index in [9.17, 15) is 0 Å². The quantitative estimate of drug-likeness (QED) is 0.839. The summed E-state index contributed by atoms with van der Waals surface area (Å²) in [5.41, 5.74) is 8.10. The van der Waals surface area contributed by atoms with Crippen molar-refractivity contribution in [1.29, 1.82) is 0 Å². The standard InChI is InChI=1S/C12H14N4O/c1-17-8-9-2-4-11(5-3-9)16-12-14-6-10(13)7-15-12/h2-7H,8,13H2,1H3,(H,14,15,16). The second-order valence-electron chi connectivity index (χ2n) is 3.59. The van der Waals surface area contributed by atoms with Gasteiger partial charge in [-0.05, 0) is 17.7 Å². The zero-order valence-corrected chi connectivity index (χ0v) is 9.55. The zero-order valence-electron chi connectivity index (χ0n) is 9.55. The number of anilines is 3. The largest absolute Gasteiger partial charge is 0.396 e. The maximum atomic E-state index is 5.51. The maximum absolute atomic E-state index is 5.51. The van der Waals surface area contributed by atoms with Crippen molar-refractivity contribution >= 4 is 17.3 Å². The van der Waals surface area contributed by atoms with Crippen molar-refractivity contribution in [2.24, 2.45) is 0 Å². The molecule has 0 unspecified atom stereocenters. The van der Waals surface area contributed by atoms with E-state index in [4.69, 9.17) is 10.5 Å². The Balaban J connectivity index is 2.05. The van der Waals surface area contributed by atoms with Gasteiger partial charge < -0.3 is 15.8 Å². The van der Waals surface area contributed by atoms with Gasteiger partial charge in [-0.25, -0.2) is 9.97 Å². The van der Waals surface area contributed by atoms with E-state index in [-0.39, 0.29) is 0 Å². The van der Waals surface area contributed by atoms with Gasteiger partial charge in [0.1, 0.15) is 0 Å². The van der Waals surface area contributed by atoms with Crippen molar-refractivity contribution in [1.82, 2.24) is 9.97 Å². The van der Waals surface area contributed by atoms with Crippen LogP contribution in [-0.2, 0) is 11.3 Å². The lowest BCUT2D eigenvalue weighted by atomic mass is 10.2. The average molecular weight is 230 g/mol. The first-order valence-corrected chi connectivity index (χ1v) is 5.20. The molecule has 1 aromatic carbocycles. The van der Waals surface area contributed by atoms with Crippen LogP contribution in [0.25, 0.3) is 0 Å². The summed E-state index contributed by atoms with van der Waals surface area (Å²) in [7, 11) is 1.67. The third-order valence-corrected chi connectivity index (χ3v) is 2.19. The van der Waals surface area contributed by atoms with Crippen LogP contribution >= 0.6 is 0 Å². The fourth-order valence-electron chi connectivity index (χ4n) is 1.38. The lowest BCUT2D eigenvalue weighted by Crippen LogP contribution is -1.98. The minimum atomic E-state index is 0.527. The van der Waals surface area contributed by atoms with Gasteiger partial charge in [0.25, 0.3) is 0 Å². The Bertz CT molecular complexity index is 467. The van der Waals surface area contributed by atoms with E-state index < -0.39 is 0 Å². The van der Waals surface area contributed by atoms with Gasteiger partial charge >= 0.3 is 0 Å². The summed E-state index contributed by atoms with van der Waals surface area (Å²) in [5.74, 6) is 0.527. The molecule has 17 heavy (non-hydrogen) atoms. The fraction of sp³-hybridized carbons (Fsp3) is 0.167. The number of ether oxygens (including phenoxy) is 1. The minimum absolute atomic E-state index is 0.527. The smallest absolute Gasteiger partial charge is 0.227 e. The topological polar surface area (TPSA) is 73.1 Å². The molecule has 0 radical (unpaired) electrons. The van der Waals surface area contributed by atoms with E-state index in [0.717, 1.165) is 11.3 Å². The Labute approximate surface area is 99.7 Å². The predicted molar refractivity (Wildman–Crippen MR) is 66.9 cm³/mol. The normalized spacial score (nSPS) is 10.2. The van der Waals surface area contributed by atoms with Crippen LogP contribution in [0.2, 0.25) is 0 Å². The first kappa shape index (κ1) is 11.3. The van der Waals surface area contributed by atoms with Crippen LogP contribution in [0, 0.1) is 0 Å². The first-order chi connectivity index (χ1) is 8.28. The van der Waals surface area contributed by atoms with Gasteiger partial charge in [0.15, 0.2) is 0 Å². The molecular formula is C12H14N4O. The number of nitrogens with two attached hydrogens (primary N) is 1. The molecule has 1 heterocycles. The lowest BCUT2D eigenvalue weighted by molar-refractivity contribution is 0.185. The molecular weight excluding hydrogens is 216 g/mol. The highest BCUT2D eigenvalue weighted by molar-refractivity contribution is 5.54. The second-order valence-corrected chi connectivity index (χ2v) is 3.59. The van der Waals surface area contributed by atoms with Crippen LogP contribution in [0.5, 0.6) is 0 Å². The van der Waals surface area contributed by atoms with E-state index in [2.05, 4.69) is 15.3 Å². The van der Waals surface area contributed by atoms with Gasteiger partial charge in [0, 0.05) is 12.8 Å². The summed E-state index contributed by atoms with van der Waals surface area (Å²) < 4.78 is 5.04. The molecule has 0 saturated heterocycles. The van der Waals surface area contributed by atoms with Crippen molar-refractivity contribution in [2.75, 3.05) is 18.2 Å². The van der Waals surface area contributed by atoms with Gasteiger partial charge in [-0.15, -0.1) is 0 Å². The summed E-state index contributed by atoms with van der Waals surface area (Å²) in [6, 6.07) is 7.88. The van der Waals surface area contributed by atoms with E-state index >= 15 is 0 Å². The molecule has 0 saturated carbocycles. The zero-order chi connectivity index (χ0) is 12.1. The summed E-state index contributed by atoms with van der Waals surface area (Å²) >= 11 is 0. The molecule has 5 heteroatoms. The van der Waals surface area contributed by atoms with Crippen molar-refractivity contribution in [3.8, 4) is 0 Å². The number of hydrogen-bond acceptors (Lipinski definition) is 5. The van der Waals surface area contributed by atoms with Crippen molar-refractivity contribution in [3.05, 3.63) is 42.2 Å². The van der Waals surface area contributed by atoms with Crippen LogP contribution in [-0.4, -0.2) is 17.1 Å². The SMILES string of the molecule is COCc1ccc(Nc2ncc(N)cn2)cc1. The number of methoxy groups -OCH3 is 1. The molecule has 0 spiro atoms. The van der Waals surface area contributed by atoms with E-state index in [0.29, 0.717) is 18.2 Å². The highest BCUT2D eigenvalue weighted by Gasteiger charge is 1.97. The van der Waals surface area contributed by atoms with Gasteiger partial charge in [-0.3, -0.25) is 0 Å². The van der Waals surface area contributed by atoms with Crippen LogP contribution in [0.3, 0.4) is 0 Å². The Morgan fingerprint density at radius 3 is 2.41 bits per heavy atom. The maximum Gasteiger partial charge on any atom is 0.227 e. The Morgan fingerprint density at radius 1 is 1.18 bits per heavy atom. The Kier molecular flexibility index (Phi) is 3.52. The Hall–Kier alpha value is -2.14. The van der Waals surface area contributed by atoms with E-state index in [1.165, 1.54) is 0 Å². The van der Waals surface area contributed by atoms with E-state index in [1.807, 2.05) is 24.3 Å². The molecule has 1 aromatic heterocycles. The number of rotatable bonds is 4. The molecule has 2 aromatic rings. The summed E-state index contributed by atoms with van der Waals surface area (Å²) in [5, 5.41) is 3.08. The average Bonchev–Trinajstić information content (AvgIpc) is 2.35. The molecule has 2 rings (SSSR count). The molecule has 0 aliphatic rings. The number of nitrogens with one attached hydrogen (secondary N) is 1. The van der Waals surface area contributed by atoms with Gasteiger partial charge in [0.2, 0.25) is 5.95 Å². The predicted octanol–water partition coefficient (Wildman–Crippen LogP) is 1.95. The summed E-state index contributed by atoms with van der Waals surface area (Å²) in [4.78, 5) is 8.12. The Morgan fingerprint density at radius 2 is 1.82 bits per heavy atom. The molecule has 0 amide bonds. The minimum Gasteiger partial charge on any atom is -0.396 e. The highest BCUT2D eigenvalue weighted by atomic mass is 16.5. The highest BCUT2D eigenvalue weighted by Crippen LogP contribution is 2.14. The lowest BCUT2D eigenvalue weighted by Gasteiger charge is -2.05. The van der Waals surface area contributed by atoms with Gasteiger partial charge in [-0.2, -0.15) is 0 Å². The van der Waals surface area contributed by atoms with Crippen LogP contribution < -0.4 is 11.1 Å². The molecule has 0 aliphatic heterocycles. The van der Waals surface area contributed by atoms with Crippen molar-refractivity contribution < 1.29 is 4.74 Å². The van der Waals surface area contributed by atoms with Crippen LogP contribution in [0.4, 0.5) is 17.3 Å². The van der Waals surface area contributed by atoms with Crippen molar-refractivity contribution in [2.45, 2.75) is 6.61 Å². The third-order valence-electron chi connectivity index (χ3n) is 2.19. The molecule has 0 bridgehead atoms. The number of aromatic nitrogens is 2. The molecule has 88 valence electrons. The molecule has 0 atom stereocenters. The first-order valence-electron chi connectivity index (χ1n) is 5.20. The molecule has 0 aliphatic carbocycles. The van der Waals surface area contributed by atoms with Gasteiger partial charge in [-0.1, -0.05) is 12.1 Å². The molecule has 5 nitrogen and oxygen atoms in total. The summed E-state index contributed by atoms with van der Waals surface area (Å²) in [6.07, 6.45) is 3.13. The molecule has 0 fully saturated rings. The van der Waals surface area contributed by atoms with Crippen LogP contribution in [0.15, 0.2) is 36.7 Å². The monoisotopic (exact) mass is 230 g/mol. The number of nitrogen functional groups attached to an aromatic ring is 1. The number of hydrogen-bond donors (Lipinski definition) is 2. The molecule has 3 N–H and O–H groups in total.